The van der Waals surface area contributed by atoms with Gasteiger partial charge >= 0.3 is 0 Å². The van der Waals surface area contributed by atoms with E-state index in [0.29, 0.717) is 28.3 Å². The molecule has 0 bridgehead atoms. The number of Topliss-reactive ketones (excluding diaryl/α,β-unsaturated/α-hetero) is 1. The van der Waals surface area contributed by atoms with Crippen molar-refractivity contribution in [3.8, 4) is 11.5 Å². The van der Waals surface area contributed by atoms with Crippen LogP contribution in [-0.4, -0.2) is 37.6 Å². The average molecular weight is 603 g/mol. The largest absolute Gasteiger partial charge is 0.493 e. The molecule has 0 radical (unpaired) electrons. The van der Waals surface area contributed by atoms with Crippen molar-refractivity contribution in [2.24, 2.45) is 0 Å². The molecule has 0 aliphatic heterocycles. The molecule has 0 fully saturated rings. The lowest BCUT2D eigenvalue weighted by Gasteiger charge is -2.13. The molecule has 220 valence electrons. The number of methoxy groups -OCH3 is 2. The van der Waals surface area contributed by atoms with Crippen molar-refractivity contribution < 1.29 is 23.9 Å². The first-order chi connectivity index (χ1) is 21.4. The van der Waals surface area contributed by atoms with Crippen LogP contribution in [-0.2, 0) is 4.79 Å². The van der Waals surface area contributed by atoms with Crippen LogP contribution >= 0.6 is 11.8 Å². The molecule has 5 aromatic carbocycles. The minimum absolute atomic E-state index is 0.0747. The van der Waals surface area contributed by atoms with Gasteiger partial charge in [-0.15, -0.1) is 11.8 Å². The summed E-state index contributed by atoms with van der Waals surface area (Å²) in [6, 6.07) is 34.7. The number of carbonyl (C=O) groups excluding carboxylic acids is 3. The fraction of sp³-hybridized carbons (Fsp3) is 0.0833. The number of benzene rings is 5. The number of amides is 2. The van der Waals surface area contributed by atoms with Crippen molar-refractivity contribution in [1.82, 2.24) is 5.32 Å². The van der Waals surface area contributed by atoms with Gasteiger partial charge in [0.1, 0.15) is 5.70 Å². The zero-order chi connectivity index (χ0) is 30.9. The number of hydrogen-bond donors (Lipinski definition) is 2. The molecular weight excluding hydrogens is 572 g/mol. The summed E-state index contributed by atoms with van der Waals surface area (Å²) in [6.45, 7) is 0. The van der Waals surface area contributed by atoms with Crippen LogP contribution in [0.2, 0.25) is 0 Å². The first kappa shape index (κ1) is 30.1. The Morgan fingerprint density at radius 1 is 0.727 bits per heavy atom. The van der Waals surface area contributed by atoms with Crippen molar-refractivity contribution in [3.63, 3.8) is 0 Å². The topological polar surface area (TPSA) is 93.7 Å². The molecule has 0 unspecified atom stereocenters. The molecule has 0 aliphatic rings. The van der Waals surface area contributed by atoms with Gasteiger partial charge < -0.3 is 20.1 Å². The van der Waals surface area contributed by atoms with E-state index in [0.717, 1.165) is 21.2 Å². The molecule has 5 aromatic rings. The average Bonchev–Trinajstić information content (AvgIpc) is 3.07. The summed E-state index contributed by atoms with van der Waals surface area (Å²) < 4.78 is 10.6. The Hall–Kier alpha value is -5.34. The fourth-order valence-corrected chi connectivity index (χ4v) is 5.43. The third-order valence-corrected chi connectivity index (χ3v) is 7.81. The lowest BCUT2D eigenvalue weighted by Crippen LogP contribution is -2.30. The Kier molecular flexibility index (Phi) is 9.74. The number of anilines is 1. The van der Waals surface area contributed by atoms with Gasteiger partial charge in [0.05, 0.1) is 20.0 Å². The molecule has 0 aliphatic carbocycles. The number of nitrogens with one attached hydrogen (secondary N) is 2. The van der Waals surface area contributed by atoms with Crippen molar-refractivity contribution in [2.75, 3.05) is 25.3 Å². The van der Waals surface area contributed by atoms with E-state index < -0.39 is 11.8 Å². The Morgan fingerprint density at radius 2 is 1.45 bits per heavy atom. The summed E-state index contributed by atoms with van der Waals surface area (Å²) in [7, 11) is 3.07. The number of rotatable bonds is 11. The van der Waals surface area contributed by atoms with Gasteiger partial charge in [-0.1, -0.05) is 66.7 Å². The minimum atomic E-state index is -0.481. The molecule has 0 spiro atoms. The first-order valence-corrected chi connectivity index (χ1v) is 14.8. The van der Waals surface area contributed by atoms with E-state index >= 15 is 0 Å². The van der Waals surface area contributed by atoms with Crippen LogP contribution in [0, 0.1) is 0 Å². The molecule has 44 heavy (non-hydrogen) atoms. The second kappa shape index (κ2) is 14.2. The lowest BCUT2D eigenvalue weighted by molar-refractivity contribution is -0.113. The van der Waals surface area contributed by atoms with Gasteiger partial charge in [-0.05, 0) is 70.9 Å². The van der Waals surface area contributed by atoms with E-state index in [-0.39, 0.29) is 17.2 Å². The molecule has 2 N–H and O–H groups in total. The van der Waals surface area contributed by atoms with Crippen LogP contribution in [0.3, 0.4) is 0 Å². The molecule has 0 aromatic heterocycles. The lowest BCUT2D eigenvalue weighted by atomic mass is 10.0. The highest BCUT2D eigenvalue weighted by atomic mass is 32.2. The van der Waals surface area contributed by atoms with Crippen LogP contribution in [0.15, 0.2) is 126 Å². The van der Waals surface area contributed by atoms with E-state index in [9.17, 15) is 14.4 Å². The van der Waals surface area contributed by atoms with E-state index in [4.69, 9.17) is 9.47 Å². The molecule has 0 saturated heterocycles. The highest BCUT2D eigenvalue weighted by Crippen LogP contribution is 2.29. The van der Waals surface area contributed by atoms with Crippen molar-refractivity contribution in [3.05, 3.63) is 138 Å². The monoisotopic (exact) mass is 602 g/mol. The number of carbonyl (C=O) groups is 3. The Morgan fingerprint density at radius 3 is 2.25 bits per heavy atom. The van der Waals surface area contributed by atoms with Gasteiger partial charge in [0.2, 0.25) is 0 Å². The van der Waals surface area contributed by atoms with Crippen LogP contribution in [0.25, 0.3) is 16.8 Å². The van der Waals surface area contributed by atoms with Crippen LogP contribution in [0.4, 0.5) is 5.69 Å². The molecule has 2 amide bonds. The molecule has 0 heterocycles. The number of fused-ring (bicyclic) bond motifs is 1. The summed E-state index contributed by atoms with van der Waals surface area (Å²) in [5.74, 6) is 0.269. The minimum Gasteiger partial charge on any atom is -0.493 e. The SMILES string of the molecule is COc1ccc(C(=O)CSc2cccc(NC(=O)/C(=C/c3cccc4ccccc34)NC(=O)c3ccccc3)c2)cc1OC. The Balaban J connectivity index is 1.35. The molecule has 0 saturated carbocycles. The second-order valence-corrected chi connectivity index (χ2v) is 10.8. The molecule has 8 heteroatoms. The highest BCUT2D eigenvalue weighted by molar-refractivity contribution is 8.00. The van der Waals surface area contributed by atoms with Gasteiger partial charge in [0, 0.05) is 21.7 Å². The number of ketones is 1. The van der Waals surface area contributed by atoms with Gasteiger partial charge in [-0.2, -0.15) is 0 Å². The Bertz CT molecular complexity index is 1850. The Labute approximate surface area is 259 Å². The zero-order valence-electron chi connectivity index (χ0n) is 24.2. The summed E-state index contributed by atoms with van der Waals surface area (Å²) in [6.07, 6.45) is 1.68. The maximum absolute atomic E-state index is 13.6. The third-order valence-electron chi connectivity index (χ3n) is 6.82. The van der Waals surface area contributed by atoms with E-state index in [1.54, 1.807) is 73.8 Å². The number of ether oxygens (including phenoxy) is 2. The summed E-state index contributed by atoms with van der Waals surface area (Å²) in [5.41, 5.74) is 2.35. The fourth-order valence-electron chi connectivity index (χ4n) is 4.58. The van der Waals surface area contributed by atoms with Gasteiger partial charge in [0.25, 0.3) is 11.8 Å². The van der Waals surface area contributed by atoms with Crippen molar-refractivity contribution >= 4 is 51.9 Å². The summed E-state index contributed by atoms with van der Waals surface area (Å²) in [5, 5.41) is 7.67. The standard InChI is InChI=1S/C36H30N2O5S/c1-42-33-19-18-27(21-34(33)43-2)32(39)23-44-29-16-9-15-28(22-29)37-36(41)31(38-35(40)25-11-4-3-5-12-25)20-26-14-8-13-24-10-6-7-17-30(24)26/h3-22H,23H2,1-2H3,(H,37,41)(H,38,40)/b31-20-. The van der Waals surface area contributed by atoms with Gasteiger partial charge in [-0.25, -0.2) is 0 Å². The highest BCUT2D eigenvalue weighted by Gasteiger charge is 2.17. The van der Waals surface area contributed by atoms with Crippen LogP contribution < -0.4 is 20.1 Å². The normalized spacial score (nSPS) is 11.1. The smallest absolute Gasteiger partial charge is 0.272 e. The predicted octanol–water partition coefficient (Wildman–Crippen LogP) is 7.24. The number of thioether (sulfide) groups is 1. The maximum Gasteiger partial charge on any atom is 0.272 e. The van der Waals surface area contributed by atoms with Gasteiger partial charge in [0.15, 0.2) is 17.3 Å². The summed E-state index contributed by atoms with van der Waals surface area (Å²) >= 11 is 1.35. The quantitative estimate of drug-likeness (QED) is 0.0941. The van der Waals surface area contributed by atoms with Crippen LogP contribution in [0.1, 0.15) is 26.3 Å². The van der Waals surface area contributed by atoms with E-state index in [1.807, 2.05) is 54.6 Å². The van der Waals surface area contributed by atoms with E-state index in [1.165, 1.54) is 18.9 Å². The van der Waals surface area contributed by atoms with E-state index in [2.05, 4.69) is 10.6 Å². The van der Waals surface area contributed by atoms with Crippen molar-refractivity contribution in [1.29, 1.82) is 0 Å². The maximum atomic E-state index is 13.6. The first-order valence-electron chi connectivity index (χ1n) is 13.8. The van der Waals surface area contributed by atoms with Crippen LogP contribution in [0.5, 0.6) is 11.5 Å². The molecule has 5 rings (SSSR count). The zero-order valence-corrected chi connectivity index (χ0v) is 25.0. The third kappa shape index (κ3) is 7.35. The predicted molar refractivity (Wildman–Crippen MR) is 176 cm³/mol. The number of hydrogen-bond acceptors (Lipinski definition) is 6. The second-order valence-electron chi connectivity index (χ2n) is 9.71. The van der Waals surface area contributed by atoms with Gasteiger partial charge in [-0.3, -0.25) is 14.4 Å². The van der Waals surface area contributed by atoms with Crippen molar-refractivity contribution in [2.45, 2.75) is 4.90 Å². The molecule has 7 nitrogen and oxygen atoms in total. The molecular formula is C36H30N2O5S. The molecule has 0 atom stereocenters. The summed E-state index contributed by atoms with van der Waals surface area (Å²) in [4.78, 5) is 40.4.